The minimum absolute atomic E-state index is 0.248. The van der Waals surface area contributed by atoms with Crippen LogP contribution in [0.1, 0.15) is 11.1 Å². The molecule has 3 rings (SSSR count). The van der Waals surface area contributed by atoms with E-state index >= 15 is 0 Å². The van der Waals surface area contributed by atoms with Crippen LogP contribution >= 0.6 is 0 Å². The summed E-state index contributed by atoms with van der Waals surface area (Å²) in [7, 11) is 0. The molecule has 0 aliphatic carbocycles. The summed E-state index contributed by atoms with van der Waals surface area (Å²) in [5.41, 5.74) is 8.83. The Balaban J connectivity index is 1.54. The van der Waals surface area contributed by atoms with Crippen LogP contribution in [0.25, 0.3) is 6.08 Å². The summed E-state index contributed by atoms with van der Waals surface area (Å²) in [6.45, 7) is 0.650. The van der Waals surface area contributed by atoms with Gasteiger partial charge in [0.25, 0.3) is 0 Å². The molecule has 0 fully saturated rings. The molecule has 6 heteroatoms. The smallest absolute Gasteiger partial charge is 0.248 e. The van der Waals surface area contributed by atoms with Gasteiger partial charge in [-0.2, -0.15) is 0 Å². The molecular weight excluding hydrogens is 326 g/mol. The quantitative estimate of drug-likeness (QED) is 0.471. The highest BCUT2D eigenvalue weighted by Gasteiger charge is 2.01. The standard InChI is InChI=1S/C20H19N5O/c21-17-5-1-2-6-18(17)25-20(26)10-8-15-7-9-19(23-13-15)24-14-16-4-3-11-22-12-16/h1-13H,14,21H2,(H,23,24)(H,25,26)/b10-8-. The molecule has 0 aliphatic heterocycles. The maximum absolute atomic E-state index is 12.0. The number of nitrogens with one attached hydrogen (secondary N) is 2. The normalized spacial score (nSPS) is 10.6. The number of nitrogens with zero attached hydrogens (tertiary/aromatic N) is 2. The number of carbonyl (C=O) groups excluding carboxylic acids is 1. The van der Waals surface area contributed by atoms with Crippen LogP contribution in [0.2, 0.25) is 0 Å². The molecular formula is C20H19N5O. The number of nitrogen functional groups attached to an aromatic ring is 1. The van der Waals surface area contributed by atoms with Gasteiger partial charge in [0.2, 0.25) is 5.91 Å². The van der Waals surface area contributed by atoms with E-state index in [9.17, 15) is 4.79 Å². The van der Waals surface area contributed by atoms with E-state index in [-0.39, 0.29) is 5.91 Å². The first-order valence-corrected chi connectivity index (χ1v) is 8.13. The molecule has 0 atom stereocenters. The van der Waals surface area contributed by atoms with Crippen molar-refractivity contribution in [3.63, 3.8) is 0 Å². The molecule has 0 spiro atoms. The average Bonchev–Trinajstić information content (AvgIpc) is 2.68. The van der Waals surface area contributed by atoms with Gasteiger partial charge in [-0.05, 0) is 47.5 Å². The van der Waals surface area contributed by atoms with Crippen LogP contribution in [0.4, 0.5) is 17.2 Å². The molecule has 0 saturated carbocycles. The van der Waals surface area contributed by atoms with Gasteiger partial charge in [-0.1, -0.05) is 18.2 Å². The number of rotatable bonds is 6. The Labute approximate surface area is 151 Å². The molecule has 6 nitrogen and oxygen atoms in total. The van der Waals surface area contributed by atoms with Crippen LogP contribution in [-0.2, 0) is 11.3 Å². The lowest BCUT2D eigenvalue weighted by atomic mass is 10.2. The third-order valence-electron chi connectivity index (χ3n) is 3.63. The highest BCUT2D eigenvalue weighted by molar-refractivity contribution is 6.03. The highest BCUT2D eigenvalue weighted by Crippen LogP contribution is 2.16. The van der Waals surface area contributed by atoms with Crippen molar-refractivity contribution in [1.29, 1.82) is 0 Å². The number of pyridine rings is 2. The molecule has 0 saturated heterocycles. The predicted molar refractivity (Wildman–Crippen MR) is 104 cm³/mol. The first-order valence-electron chi connectivity index (χ1n) is 8.13. The van der Waals surface area contributed by atoms with Crippen molar-refractivity contribution in [2.45, 2.75) is 6.54 Å². The van der Waals surface area contributed by atoms with Crippen molar-refractivity contribution in [2.75, 3.05) is 16.4 Å². The third-order valence-corrected chi connectivity index (χ3v) is 3.63. The van der Waals surface area contributed by atoms with Gasteiger partial charge in [0.15, 0.2) is 0 Å². The Morgan fingerprint density at radius 1 is 1.08 bits per heavy atom. The molecule has 3 aromatic rings. The van der Waals surface area contributed by atoms with Crippen LogP contribution in [-0.4, -0.2) is 15.9 Å². The Bertz CT molecular complexity index is 892. The van der Waals surface area contributed by atoms with E-state index in [4.69, 9.17) is 5.73 Å². The Morgan fingerprint density at radius 3 is 2.69 bits per heavy atom. The minimum atomic E-state index is -0.248. The second-order valence-corrected chi connectivity index (χ2v) is 5.60. The number of para-hydroxylation sites is 2. The maximum atomic E-state index is 12.0. The lowest BCUT2D eigenvalue weighted by Gasteiger charge is -2.06. The minimum Gasteiger partial charge on any atom is -0.397 e. The molecule has 26 heavy (non-hydrogen) atoms. The second-order valence-electron chi connectivity index (χ2n) is 5.60. The lowest BCUT2D eigenvalue weighted by molar-refractivity contribution is -0.111. The number of amides is 1. The fraction of sp³-hybridized carbons (Fsp3) is 0.0500. The fourth-order valence-electron chi connectivity index (χ4n) is 2.26. The number of benzene rings is 1. The van der Waals surface area contributed by atoms with Crippen LogP contribution in [0.15, 0.2) is 73.2 Å². The highest BCUT2D eigenvalue weighted by atomic mass is 16.1. The number of carbonyl (C=O) groups is 1. The predicted octanol–water partition coefficient (Wildman–Crippen LogP) is 3.32. The molecule has 1 aromatic carbocycles. The number of nitrogens with two attached hydrogens (primary N) is 1. The zero-order valence-electron chi connectivity index (χ0n) is 14.1. The third kappa shape index (κ3) is 4.91. The van der Waals surface area contributed by atoms with Gasteiger partial charge >= 0.3 is 0 Å². The summed E-state index contributed by atoms with van der Waals surface area (Å²) >= 11 is 0. The summed E-state index contributed by atoms with van der Waals surface area (Å²) in [5.74, 6) is 0.509. The van der Waals surface area contributed by atoms with E-state index in [2.05, 4.69) is 20.6 Å². The second kappa shape index (κ2) is 8.43. The number of aromatic nitrogens is 2. The number of hydrogen-bond acceptors (Lipinski definition) is 5. The Hall–Kier alpha value is -3.67. The molecule has 1 amide bonds. The molecule has 0 unspecified atom stereocenters. The first kappa shape index (κ1) is 17.2. The maximum Gasteiger partial charge on any atom is 0.248 e. The van der Waals surface area contributed by atoms with Crippen LogP contribution in [0.3, 0.4) is 0 Å². The molecule has 0 bridgehead atoms. The van der Waals surface area contributed by atoms with Gasteiger partial charge in [-0.3, -0.25) is 9.78 Å². The van der Waals surface area contributed by atoms with E-state index in [1.54, 1.807) is 30.6 Å². The van der Waals surface area contributed by atoms with Gasteiger partial charge in [0.1, 0.15) is 5.82 Å². The van der Waals surface area contributed by atoms with E-state index in [0.717, 1.165) is 16.9 Å². The molecule has 0 radical (unpaired) electrons. The number of anilines is 3. The molecule has 130 valence electrons. The zero-order chi connectivity index (χ0) is 18.2. The molecule has 0 aliphatic rings. The topological polar surface area (TPSA) is 92.9 Å². The van der Waals surface area contributed by atoms with Crippen LogP contribution < -0.4 is 16.4 Å². The Kier molecular flexibility index (Phi) is 5.57. The van der Waals surface area contributed by atoms with Crippen molar-refractivity contribution in [2.24, 2.45) is 0 Å². The van der Waals surface area contributed by atoms with Gasteiger partial charge < -0.3 is 16.4 Å². The van der Waals surface area contributed by atoms with Crippen LogP contribution in [0, 0.1) is 0 Å². The van der Waals surface area contributed by atoms with Gasteiger partial charge in [0, 0.05) is 31.2 Å². The van der Waals surface area contributed by atoms with E-state index in [0.29, 0.717) is 17.9 Å². The summed E-state index contributed by atoms with van der Waals surface area (Å²) in [6.07, 6.45) is 8.40. The van der Waals surface area contributed by atoms with Crippen molar-refractivity contribution in [3.8, 4) is 0 Å². The molecule has 2 aromatic heterocycles. The Morgan fingerprint density at radius 2 is 1.96 bits per heavy atom. The van der Waals surface area contributed by atoms with Crippen molar-refractivity contribution in [1.82, 2.24) is 9.97 Å². The van der Waals surface area contributed by atoms with Gasteiger partial charge in [0.05, 0.1) is 11.4 Å². The summed E-state index contributed by atoms with van der Waals surface area (Å²) in [6, 6.07) is 14.8. The first-order chi connectivity index (χ1) is 12.7. The monoisotopic (exact) mass is 345 g/mol. The largest absolute Gasteiger partial charge is 0.397 e. The van der Waals surface area contributed by atoms with E-state index in [1.807, 2.05) is 42.6 Å². The van der Waals surface area contributed by atoms with Gasteiger partial charge in [-0.25, -0.2) is 4.98 Å². The summed E-state index contributed by atoms with van der Waals surface area (Å²) in [5, 5.41) is 5.96. The SMILES string of the molecule is Nc1ccccc1NC(=O)/C=C\c1ccc(NCc2cccnc2)nc1. The van der Waals surface area contributed by atoms with E-state index in [1.165, 1.54) is 6.08 Å². The average molecular weight is 345 g/mol. The molecule has 4 N–H and O–H groups in total. The summed E-state index contributed by atoms with van der Waals surface area (Å²) in [4.78, 5) is 20.4. The molecule has 2 heterocycles. The van der Waals surface area contributed by atoms with Crippen molar-refractivity contribution >= 4 is 29.2 Å². The van der Waals surface area contributed by atoms with Gasteiger partial charge in [-0.15, -0.1) is 0 Å². The summed E-state index contributed by atoms with van der Waals surface area (Å²) < 4.78 is 0. The van der Waals surface area contributed by atoms with E-state index < -0.39 is 0 Å². The lowest BCUT2D eigenvalue weighted by Crippen LogP contribution is -2.09. The van der Waals surface area contributed by atoms with Crippen molar-refractivity contribution < 1.29 is 4.79 Å². The van der Waals surface area contributed by atoms with Crippen LogP contribution in [0.5, 0.6) is 0 Å². The van der Waals surface area contributed by atoms with Crippen molar-refractivity contribution in [3.05, 3.63) is 84.3 Å². The fourth-order valence-corrected chi connectivity index (χ4v) is 2.26. The number of hydrogen-bond donors (Lipinski definition) is 3. The zero-order valence-corrected chi connectivity index (χ0v) is 14.1.